The SMILES string of the molecule is CCCCCC1COC(c2cc(F)c(C(F)(F)Oc3ccc(OC=CC(F)(F)F)c(F)c3)c(F)c2)OC1. The molecule has 0 radical (unpaired) electrons. The molecule has 4 nitrogen and oxygen atoms in total. The lowest BCUT2D eigenvalue weighted by atomic mass is 10.0. The van der Waals surface area contributed by atoms with Gasteiger partial charge in [0.15, 0.2) is 17.9 Å². The number of allylic oxidation sites excluding steroid dienone is 1. The fourth-order valence-electron chi connectivity index (χ4n) is 3.62. The summed E-state index contributed by atoms with van der Waals surface area (Å²) in [5.41, 5.74) is -1.86. The monoisotopic (exact) mass is 540 g/mol. The van der Waals surface area contributed by atoms with Gasteiger partial charge < -0.3 is 18.9 Å². The van der Waals surface area contributed by atoms with E-state index in [9.17, 15) is 35.1 Å². The number of ether oxygens (including phenoxy) is 4. The Labute approximate surface area is 207 Å². The summed E-state index contributed by atoms with van der Waals surface area (Å²) in [7, 11) is 0. The van der Waals surface area contributed by atoms with E-state index >= 15 is 0 Å². The van der Waals surface area contributed by atoms with Crippen LogP contribution in [0.25, 0.3) is 0 Å². The molecule has 0 bridgehead atoms. The third-order valence-corrected chi connectivity index (χ3v) is 5.41. The molecule has 204 valence electrons. The summed E-state index contributed by atoms with van der Waals surface area (Å²) < 4.78 is 129. The van der Waals surface area contributed by atoms with E-state index in [0.29, 0.717) is 24.3 Å². The van der Waals surface area contributed by atoms with Crippen molar-refractivity contribution in [1.29, 1.82) is 0 Å². The Morgan fingerprint density at radius 3 is 2.14 bits per heavy atom. The van der Waals surface area contributed by atoms with Crippen LogP contribution in [0.3, 0.4) is 0 Å². The average Bonchev–Trinajstić information content (AvgIpc) is 2.79. The zero-order valence-electron chi connectivity index (χ0n) is 19.6. The number of benzene rings is 2. The van der Waals surface area contributed by atoms with Crippen LogP contribution in [0.2, 0.25) is 0 Å². The van der Waals surface area contributed by atoms with Crippen molar-refractivity contribution in [3.8, 4) is 11.5 Å². The quantitative estimate of drug-likeness (QED) is 0.174. The van der Waals surface area contributed by atoms with Crippen LogP contribution in [-0.4, -0.2) is 19.4 Å². The predicted molar refractivity (Wildman–Crippen MR) is 115 cm³/mol. The first-order valence-corrected chi connectivity index (χ1v) is 11.4. The zero-order chi connectivity index (χ0) is 27.2. The molecule has 3 rings (SSSR count). The second-order valence-corrected chi connectivity index (χ2v) is 8.39. The van der Waals surface area contributed by atoms with Crippen LogP contribution in [0.5, 0.6) is 11.5 Å². The smallest absolute Gasteiger partial charge is 0.432 e. The van der Waals surface area contributed by atoms with Crippen LogP contribution in [0, 0.1) is 23.4 Å². The summed E-state index contributed by atoms with van der Waals surface area (Å²) in [6.07, 6.45) is -6.62. The zero-order valence-corrected chi connectivity index (χ0v) is 19.6. The molecule has 1 saturated heterocycles. The first kappa shape index (κ1) is 28.7. The van der Waals surface area contributed by atoms with Gasteiger partial charge in [-0.05, 0) is 30.7 Å². The Kier molecular flexibility index (Phi) is 9.41. The molecule has 0 saturated carbocycles. The maximum atomic E-state index is 14.6. The van der Waals surface area contributed by atoms with Crippen LogP contribution in [0.15, 0.2) is 42.7 Å². The second-order valence-electron chi connectivity index (χ2n) is 8.39. The Morgan fingerprint density at radius 2 is 1.57 bits per heavy atom. The summed E-state index contributed by atoms with van der Waals surface area (Å²) in [5, 5.41) is 0. The minimum Gasteiger partial charge on any atom is -0.462 e. The minimum absolute atomic E-state index is 0.118. The number of alkyl halides is 5. The fraction of sp³-hybridized carbons (Fsp3) is 0.440. The first-order valence-electron chi connectivity index (χ1n) is 11.4. The molecular formula is C25H24F8O4. The van der Waals surface area contributed by atoms with Crippen LogP contribution < -0.4 is 9.47 Å². The Hall–Kier alpha value is -2.86. The molecule has 0 unspecified atom stereocenters. The van der Waals surface area contributed by atoms with Crippen molar-refractivity contribution in [3.63, 3.8) is 0 Å². The van der Waals surface area contributed by atoms with Gasteiger partial charge in [-0.1, -0.05) is 26.2 Å². The van der Waals surface area contributed by atoms with E-state index in [1.54, 1.807) is 0 Å². The van der Waals surface area contributed by atoms with E-state index in [-0.39, 0.29) is 37.0 Å². The number of hydrogen-bond acceptors (Lipinski definition) is 4. The largest absolute Gasteiger partial charge is 0.462 e. The highest BCUT2D eigenvalue weighted by Crippen LogP contribution is 2.38. The van der Waals surface area contributed by atoms with Gasteiger partial charge in [0.25, 0.3) is 0 Å². The molecule has 12 heteroatoms. The molecule has 1 heterocycles. The van der Waals surface area contributed by atoms with Gasteiger partial charge in [0, 0.05) is 17.5 Å². The van der Waals surface area contributed by atoms with Gasteiger partial charge in [0.1, 0.15) is 22.9 Å². The highest BCUT2D eigenvalue weighted by atomic mass is 19.4. The fourth-order valence-corrected chi connectivity index (χ4v) is 3.62. The average molecular weight is 540 g/mol. The predicted octanol–water partition coefficient (Wildman–Crippen LogP) is 7.93. The van der Waals surface area contributed by atoms with E-state index in [1.165, 1.54) is 0 Å². The highest BCUT2D eigenvalue weighted by molar-refractivity contribution is 5.35. The van der Waals surface area contributed by atoms with Crippen LogP contribution in [0.4, 0.5) is 35.1 Å². The molecule has 0 aromatic heterocycles. The molecule has 0 atom stereocenters. The minimum atomic E-state index is -4.71. The van der Waals surface area contributed by atoms with Crippen molar-refractivity contribution in [2.45, 2.75) is 51.2 Å². The third kappa shape index (κ3) is 8.06. The summed E-state index contributed by atoms with van der Waals surface area (Å²) in [6, 6.07) is 3.10. The molecule has 37 heavy (non-hydrogen) atoms. The molecule has 0 amide bonds. The van der Waals surface area contributed by atoms with Gasteiger partial charge in [-0.3, -0.25) is 0 Å². The van der Waals surface area contributed by atoms with Crippen LogP contribution >= 0.6 is 0 Å². The molecule has 0 aliphatic carbocycles. The maximum Gasteiger partial charge on any atom is 0.432 e. The van der Waals surface area contributed by atoms with E-state index in [2.05, 4.69) is 16.4 Å². The van der Waals surface area contributed by atoms with Crippen molar-refractivity contribution in [3.05, 3.63) is 71.2 Å². The van der Waals surface area contributed by atoms with E-state index in [1.807, 2.05) is 0 Å². The summed E-state index contributed by atoms with van der Waals surface area (Å²) in [6.45, 7) is 2.64. The molecule has 1 aliphatic rings. The molecule has 0 spiro atoms. The standard InChI is InChI=1S/C25H24F8O4/c1-2-3-4-5-15-13-35-23(36-14-15)16-10-19(27)22(20(28)11-16)25(32,33)37-17-6-7-21(18(26)12-17)34-9-8-24(29,30)31/h6-12,15,23H,2-5,13-14H2,1H3. The third-order valence-electron chi connectivity index (χ3n) is 5.41. The lowest BCUT2D eigenvalue weighted by molar-refractivity contribution is -0.206. The number of rotatable bonds is 10. The normalized spacial score (nSPS) is 18.8. The molecular weight excluding hydrogens is 516 g/mol. The molecule has 2 aromatic rings. The van der Waals surface area contributed by atoms with Gasteiger partial charge in [-0.15, -0.1) is 0 Å². The van der Waals surface area contributed by atoms with Gasteiger partial charge in [0.2, 0.25) is 0 Å². The lowest BCUT2D eigenvalue weighted by Crippen LogP contribution is -2.28. The van der Waals surface area contributed by atoms with Crippen molar-refractivity contribution in [2.24, 2.45) is 5.92 Å². The Bertz CT molecular complexity index is 1060. The van der Waals surface area contributed by atoms with E-state index < -0.39 is 53.1 Å². The number of hydrogen-bond donors (Lipinski definition) is 0. The van der Waals surface area contributed by atoms with Crippen molar-refractivity contribution in [2.75, 3.05) is 13.2 Å². The van der Waals surface area contributed by atoms with Crippen molar-refractivity contribution < 1.29 is 54.1 Å². The van der Waals surface area contributed by atoms with Gasteiger partial charge in [-0.2, -0.15) is 22.0 Å². The summed E-state index contributed by atoms with van der Waals surface area (Å²) >= 11 is 0. The van der Waals surface area contributed by atoms with Gasteiger partial charge >= 0.3 is 12.3 Å². The molecule has 0 N–H and O–H groups in total. The van der Waals surface area contributed by atoms with Gasteiger partial charge in [-0.25, -0.2) is 13.2 Å². The van der Waals surface area contributed by atoms with Crippen LogP contribution in [-0.2, 0) is 15.6 Å². The lowest BCUT2D eigenvalue weighted by Gasteiger charge is -2.30. The summed E-state index contributed by atoms with van der Waals surface area (Å²) in [5.74, 6) is -6.10. The van der Waals surface area contributed by atoms with Gasteiger partial charge in [0.05, 0.1) is 25.6 Å². The highest BCUT2D eigenvalue weighted by Gasteiger charge is 2.42. The van der Waals surface area contributed by atoms with Crippen LogP contribution in [0.1, 0.15) is 50.0 Å². The molecule has 1 aliphatic heterocycles. The molecule has 2 aromatic carbocycles. The molecule has 1 fully saturated rings. The number of unbranched alkanes of at least 4 members (excludes halogenated alkanes) is 2. The van der Waals surface area contributed by atoms with E-state index in [0.717, 1.165) is 31.7 Å². The topological polar surface area (TPSA) is 36.9 Å². The number of halogens is 8. The Balaban J connectivity index is 1.68. The Morgan fingerprint density at radius 1 is 0.919 bits per heavy atom. The summed E-state index contributed by atoms with van der Waals surface area (Å²) in [4.78, 5) is 0. The first-order chi connectivity index (χ1) is 17.4. The van der Waals surface area contributed by atoms with Crippen molar-refractivity contribution >= 4 is 0 Å². The van der Waals surface area contributed by atoms with E-state index in [4.69, 9.17) is 9.47 Å². The van der Waals surface area contributed by atoms with Crippen molar-refractivity contribution in [1.82, 2.24) is 0 Å². The maximum absolute atomic E-state index is 14.6. The second kappa shape index (κ2) is 12.1.